The van der Waals surface area contributed by atoms with Gasteiger partial charge in [0.15, 0.2) is 5.13 Å². The summed E-state index contributed by atoms with van der Waals surface area (Å²) in [7, 11) is 0. The molecule has 0 radical (unpaired) electrons. The molecule has 4 rings (SSSR count). The molecule has 2 aromatic heterocycles. The van der Waals surface area contributed by atoms with E-state index in [1.165, 1.54) is 16.9 Å². The summed E-state index contributed by atoms with van der Waals surface area (Å²) in [6.07, 6.45) is 0.982. The van der Waals surface area contributed by atoms with E-state index in [2.05, 4.69) is 39.7 Å². The highest BCUT2D eigenvalue weighted by Crippen LogP contribution is 2.25. The van der Waals surface area contributed by atoms with E-state index in [-0.39, 0.29) is 18.0 Å². The molecule has 0 saturated carbocycles. The number of nitrogens with one attached hydrogen (secondary N) is 1. The molecule has 0 fully saturated rings. The first kappa shape index (κ1) is 18.0. The average molecular weight is 391 g/mol. The van der Waals surface area contributed by atoms with E-state index < -0.39 is 0 Å². The lowest BCUT2D eigenvalue weighted by molar-refractivity contribution is -0.117. The molecule has 0 aliphatic carbocycles. The van der Waals surface area contributed by atoms with Crippen molar-refractivity contribution in [3.05, 3.63) is 69.8 Å². The number of nitrogens with zero attached hydrogens (tertiary/aromatic N) is 4. The van der Waals surface area contributed by atoms with Crippen LogP contribution in [0.25, 0.3) is 22.2 Å². The maximum Gasteiger partial charge on any atom is 0.278 e. The van der Waals surface area contributed by atoms with Gasteiger partial charge in [0.25, 0.3) is 5.56 Å². The molecule has 0 atom stereocenters. The molecule has 0 saturated heterocycles. The first-order valence-electron chi connectivity index (χ1n) is 8.81. The van der Waals surface area contributed by atoms with Crippen molar-refractivity contribution in [3.8, 4) is 11.3 Å². The van der Waals surface area contributed by atoms with Crippen LogP contribution < -0.4 is 10.9 Å². The number of carbonyl (C=O) groups excluding carboxylic acids is 1. The third-order valence-corrected chi connectivity index (χ3v) is 5.09. The summed E-state index contributed by atoms with van der Waals surface area (Å²) in [6, 6.07) is 15.1. The van der Waals surface area contributed by atoms with Gasteiger partial charge in [-0.2, -0.15) is 0 Å². The molecule has 8 heteroatoms. The summed E-state index contributed by atoms with van der Waals surface area (Å²) in [5, 5.41) is 13.3. The number of thiazole rings is 1. The molecular formula is C20H17N5O2S. The van der Waals surface area contributed by atoms with Crippen molar-refractivity contribution in [1.29, 1.82) is 0 Å². The number of carbonyl (C=O) groups is 1. The van der Waals surface area contributed by atoms with Crippen molar-refractivity contribution in [2.75, 3.05) is 5.32 Å². The molecule has 0 bridgehead atoms. The van der Waals surface area contributed by atoms with Crippen LogP contribution >= 0.6 is 11.3 Å². The van der Waals surface area contributed by atoms with Crippen molar-refractivity contribution in [3.63, 3.8) is 0 Å². The van der Waals surface area contributed by atoms with Gasteiger partial charge in [-0.15, -0.1) is 16.4 Å². The summed E-state index contributed by atoms with van der Waals surface area (Å²) in [6.45, 7) is 1.88. The number of amides is 1. The van der Waals surface area contributed by atoms with Crippen molar-refractivity contribution in [1.82, 2.24) is 20.0 Å². The molecule has 140 valence electrons. The quantitative estimate of drug-likeness (QED) is 0.565. The van der Waals surface area contributed by atoms with E-state index in [0.29, 0.717) is 16.0 Å². The minimum Gasteiger partial charge on any atom is -0.300 e. The second-order valence-corrected chi connectivity index (χ2v) is 7.06. The minimum absolute atomic E-state index is 0.225. The van der Waals surface area contributed by atoms with E-state index >= 15 is 0 Å². The zero-order valence-electron chi connectivity index (χ0n) is 15.1. The zero-order chi connectivity index (χ0) is 19.5. The maximum atomic E-state index is 12.4. The number of anilines is 1. The fraction of sp³-hybridized carbons (Fsp3) is 0.150. The Bertz CT molecular complexity index is 1200. The smallest absolute Gasteiger partial charge is 0.278 e. The van der Waals surface area contributed by atoms with Crippen LogP contribution in [0.5, 0.6) is 0 Å². The highest BCUT2D eigenvalue weighted by Gasteiger charge is 2.12. The number of benzene rings is 2. The lowest BCUT2D eigenvalue weighted by Gasteiger charge is -2.04. The van der Waals surface area contributed by atoms with Crippen molar-refractivity contribution in [2.24, 2.45) is 0 Å². The fourth-order valence-electron chi connectivity index (χ4n) is 2.80. The monoisotopic (exact) mass is 391 g/mol. The number of rotatable bonds is 5. The van der Waals surface area contributed by atoms with E-state index in [9.17, 15) is 9.59 Å². The van der Waals surface area contributed by atoms with Crippen LogP contribution in [-0.4, -0.2) is 25.9 Å². The van der Waals surface area contributed by atoms with Crippen LogP contribution in [0.15, 0.2) is 58.7 Å². The van der Waals surface area contributed by atoms with Crippen LogP contribution in [0.2, 0.25) is 0 Å². The first-order valence-corrected chi connectivity index (χ1v) is 9.69. The standard InChI is InChI=1S/C20H17N5O2S/c1-2-13-7-9-14(10-8-13)17-12-28-20(21-17)22-18(26)11-25-19(27)15-5-3-4-6-16(15)23-24-25/h3-10,12H,2,11H2,1H3,(H,21,22,26). The number of aryl methyl sites for hydroxylation is 1. The van der Waals surface area contributed by atoms with Crippen LogP contribution in [-0.2, 0) is 17.8 Å². The third-order valence-electron chi connectivity index (χ3n) is 4.33. The van der Waals surface area contributed by atoms with Gasteiger partial charge in [-0.1, -0.05) is 48.5 Å². The van der Waals surface area contributed by atoms with Crippen LogP contribution in [0.4, 0.5) is 5.13 Å². The number of aromatic nitrogens is 4. The lowest BCUT2D eigenvalue weighted by atomic mass is 10.1. The molecule has 1 amide bonds. The predicted molar refractivity (Wildman–Crippen MR) is 109 cm³/mol. The molecule has 0 aliphatic heterocycles. The summed E-state index contributed by atoms with van der Waals surface area (Å²) in [5.74, 6) is -0.381. The SMILES string of the molecule is CCc1ccc(-c2csc(NC(=O)Cn3nnc4ccccc4c3=O)n2)cc1. The second kappa shape index (κ2) is 7.69. The Labute approximate surface area is 164 Å². The third kappa shape index (κ3) is 3.67. The van der Waals surface area contributed by atoms with Gasteiger partial charge >= 0.3 is 0 Å². The van der Waals surface area contributed by atoms with E-state index in [1.807, 2.05) is 17.5 Å². The Balaban J connectivity index is 1.48. The van der Waals surface area contributed by atoms with Crippen LogP contribution in [0, 0.1) is 0 Å². The molecule has 7 nitrogen and oxygen atoms in total. The maximum absolute atomic E-state index is 12.4. The lowest BCUT2D eigenvalue weighted by Crippen LogP contribution is -2.30. The summed E-state index contributed by atoms with van der Waals surface area (Å²) in [4.78, 5) is 29.2. The van der Waals surface area contributed by atoms with E-state index in [1.54, 1.807) is 24.3 Å². The molecule has 2 heterocycles. The molecule has 0 unspecified atom stereocenters. The summed E-state index contributed by atoms with van der Waals surface area (Å²) < 4.78 is 1.05. The predicted octanol–water partition coefficient (Wildman–Crippen LogP) is 3.12. The molecule has 28 heavy (non-hydrogen) atoms. The molecule has 0 spiro atoms. The topological polar surface area (TPSA) is 89.8 Å². The average Bonchev–Trinajstić information content (AvgIpc) is 3.18. The Morgan fingerprint density at radius 1 is 1.14 bits per heavy atom. The Morgan fingerprint density at radius 3 is 2.71 bits per heavy atom. The fourth-order valence-corrected chi connectivity index (χ4v) is 3.53. The van der Waals surface area contributed by atoms with Gasteiger partial charge < -0.3 is 5.32 Å². The summed E-state index contributed by atoms with van der Waals surface area (Å²) in [5.41, 5.74) is 3.20. The van der Waals surface area contributed by atoms with E-state index in [0.717, 1.165) is 22.4 Å². The highest BCUT2D eigenvalue weighted by molar-refractivity contribution is 7.14. The number of hydrogen-bond acceptors (Lipinski definition) is 6. The minimum atomic E-state index is -0.381. The van der Waals surface area contributed by atoms with Gasteiger partial charge in [-0.05, 0) is 24.1 Å². The van der Waals surface area contributed by atoms with Crippen molar-refractivity contribution in [2.45, 2.75) is 19.9 Å². The highest BCUT2D eigenvalue weighted by atomic mass is 32.1. The largest absolute Gasteiger partial charge is 0.300 e. The van der Waals surface area contributed by atoms with Gasteiger partial charge in [0.2, 0.25) is 5.91 Å². The normalized spacial score (nSPS) is 10.9. The van der Waals surface area contributed by atoms with Crippen LogP contribution in [0.1, 0.15) is 12.5 Å². The molecule has 2 aromatic carbocycles. The molecule has 4 aromatic rings. The molecule has 1 N–H and O–H groups in total. The van der Waals surface area contributed by atoms with E-state index in [4.69, 9.17) is 0 Å². The van der Waals surface area contributed by atoms with Crippen molar-refractivity contribution < 1.29 is 4.79 Å². The van der Waals surface area contributed by atoms with Gasteiger partial charge in [0.1, 0.15) is 12.1 Å². The Morgan fingerprint density at radius 2 is 1.93 bits per heavy atom. The first-order chi connectivity index (χ1) is 13.6. The van der Waals surface area contributed by atoms with Gasteiger partial charge in [-0.3, -0.25) is 9.59 Å². The second-order valence-electron chi connectivity index (χ2n) is 6.21. The number of fused-ring (bicyclic) bond motifs is 1. The number of hydrogen-bond donors (Lipinski definition) is 1. The van der Waals surface area contributed by atoms with Gasteiger partial charge in [0.05, 0.1) is 11.1 Å². The van der Waals surface area contributed by atoms with Gasteiger partial charge in [0, 0.05) is 10.9 Å². The Kier molecular flexibility index (Phi) is 4.94. The van der Waals surface area contributed by atoms with Gasteiger partial charge in [-0.25, -0.2) is 9.67 Å². The van der Waals surface area contributed by atoms with Crippen molar-refractivity contribution >= 4 is 33.3 Å². The van der Waals surface area contributed by atoms with Crippen LogP contribution in [0.3, 0.4) is 0 Å². The molecule has 0 aliphatic rings. The summed E-state index contributed by atoms with van der Waals surface area (Å²) >= 11 is 1.33. The molecular weight excluding hydrogens is 374 g/mol. The Hall–Kier alpha value is -3.39. The zero-order valence-corrected chi connectivity index (χ0v) is 15.9.